The lowest BCUT2D eigenvalue weighted by Crippen LogP contribution is -2.52. The van der Waals surface area contributed by atoms with Crippen LogP contribution in [0.25, 0.3) is 11.2 Å². The summed E-state index contributed by atoms with van der Waals surface area (Å²) in [7, 11) is 1.55. The van der Waals surface area contributed by atoms with E-state index < -0.39 is 24.0 Å². The van der Waals surface area contributed by atoms with Crippen LogP contribution in [-0.4, -0.2) is 76.2 Å². The number of anilines is 1. The van der Waals surface area contributed by atoms with Gasteiger partial charge in [-0.2, -0.15) is 13.2 Å². The number of likely N-dealkylation sites (tertiary alicyclic amines) is 1. The number of methoxy groups -OCH3 is 1. The topological polar surface area (TPSA) is 112 Å². The van der Waals surface area contributed by atoms with E-state index in [-0.39, 0.29) is 35.6 Å². The zero-order valence-corrected chi connectivity index (χ0v) is 17.3. The fraction of sp³-hybridized carbons (Fsp3) is 0.500. The number of fused-ring (bicyclic) bond motifs is 1. The van der Waals surface area contributed by atoms with Crippen molar-refractivity contribution in [3.63, 3.8) is 0 Å². The summed E-state index contributed by atoms with van der Waals surface area (Å²) in [5.41, 5.74) is 0.724. The average Bonchev–Trinajstić information content (AvgIpc) is 3.42. The largest absolute Gasteiger partial charge is 0.393 e. The van der Waals surface area contributed by atoms with Gasteiger partial charge in [0.2, 0.25) is 5.91 Å². The van der Waals surface area contributed by atoms with Gasteiger partial charge in [-0.05, 0) is 18.9 Å². The number of ether oxygens (including phenoxy) is 1. The van der Waals surface area contributed by atoms with Crippen LogP contribution in [0.3, 0.4) is 0 Å². The standard InChI is InChI=1S/C20H23F3N6O3/c1-3-16(30)29-5-4-12(14(9-29)32-2)26-15-8-25-18-17(28-15)10(7-24-18)19(31)27-13-6-11(13)20(21,22)23/h3,7-8,11-14H,1,4-6,9H2,2H3,(H,24,25)(H,26,28)(H,27,31)/t11-,12-,13?,14+/m1/s1. The van der Waals surface area contributed by atoms with Gasteiger partial charge >= 0.3 is 6.18 Å². The Morgan fingerprint density at radius 2 is 2.16 bits per heavy atom. The number of hydrogen-bond donors (Lipinski definition) is 3. The summed E-state index contributed by atoms with van der Waals surface area (Å²) in [6, 6.07) is -1.08. The highest BCUT2D eigenvalue weighted by atomic mass is 19.4. The summed E-state index contributed by atoms with van der Waals surface area (Å²) >= 11 is 0. The maximum absolute atomic E-state index is 12.7. The molecule has 9 nitrogen and oxygen atoms in total. The molecule has 0 bridgehead atoms. The number of rotatable bonds is 6. The highest BCUT2D eigenvalue weighted by molar-refractivity contribution is 6.04. The van der Waals surface area contributed by atoms with Crippen molar-refractivity contribution in [3.05, 3.63) is 30.6 Å². The molecule has 3 heterocycles. The number of nitrogens with zero attached hydrogens (tertiary/aromatic N) is 3. The third-order valence-electron chi connectivity index (χ3n) is 5.83. The fourth-order valence-electron chi connectivity index (χ4n) is 3.94. The van der Waals surface area contributed by atoms with Crippen LogP contribution in [0.1, 0.15) is 23.2 Å². The first kappa shape index (κ1) is 22.1. The number of halogens is 3. The molecule has 4 atom stereocenters. The first-order valence-electron chi connectivity index (χ1n) is 10.1. The molecule has 1 saturated heterocycles. The molecule has 0 radical (unpaired) electrons. The van der Waals surface area contributed by atoms with Crippen LogP contribution in [0, 0.1) is 5.92 Å². The molecule has 32 heavy (non-hydrogen) atoms. The number of piperidine rings is 1. The summed E-state index contributed by atoms with van der Waals surface area (Å²) in [6.45, 7) is 4.40. The minimum atomic E-state index is -4.32. The molecule has 1 saturated carbocycles. The third-order valence-corrected chi connectivity index (χ3v) is 5.83. The van der Waals surface area contributed by atoms with E-state index in [1.165, 1.54) is 18.5 Å². The van der Waals surface area contributed by atoms with Crippen LogP contribution in [-0.2, 0) is 9.53 Å². The second-order valence-corrected chi connectivity index (χ2v) is 7.92. The number of aromatic amines is 1. The minimum Gasteiger partial charge on any atom is -0.377 e. The number of alkyl halides is 3. The molecule has 1 aliphatic heterocycles. The molecule has 2 aromatic heterocycles. The van der Waals surface area contributed by atoms with E-state index in [1.54, 1.807) is 12.0 Å². The Bertz CT molecular complexity index is 1040. The molecule has 2 aliphatic rings. The summed E-state index contributed by atoms with van der Waals surface area (Å²) in [5, 5.41) is 5.64. The van der Waals surface area contributed by atoms with E-state index in [2.05, 4.69) is 32.2 Å². The lowest BCUT2D eigenvalue weighted by atomic mass is 10.0. The molecule has 3 N–H and O–H groups in total. The van der Waals surface area contributed by atoms with Crippen molar-refractivity contribution in [1.82, 2.24) is 25.2 Å². The first-order chi connectivity index (χ1) is 15.2. The quantitative estimate of drug-likeness (QED) is 0.577. The molecule has 172 valence electrons. The van der Waals surface area contributed by atoms with Gasteiger partial charge in [-0.3, -0.25) is 9.59 Å². The van der Waals surface area contributed by atoms with Crippen molar-refractivity contribution >= 4 is 28.8 Å². The Balaban J connectivity index is 1.46. The van der Waals surface area contributed by atoms with Crippen LogP contribution in [0.4, 0.5) is 19.0 Å². The molecule has 1 unspecified atom stereocenters. The maximum Gasteiger partial charge on any atom is 0.393 e. The highest BCUT2D eigenvalue weighted by Crippen LogP contribution is 2.44. The number of aromatic nitrogens is 3. The van der Waals surface area contributed by atoms with Crippen LogP contribution in [0.2, 0.25) is 0 Å². The van der Waals surface area contributed by atoms with Gasteiger partial charge < -0.3 is 25.3 Å². The molecule has 0 aromatic carbocycles. The van der Waals surface area contributed by atoms with Gasteiger partial charge in [0, 0.05) is 32.4 Å². The van der Waals surface area contributed by atoms with Crippen molar-refractivity contribution in [2.45, 2.75) is 37.2 Å². The van der Waals surface area contributed by atoms with Crippen LogP contribution in [0.15, 0.2) is 25.0 Å². The van der Waals surface area contributed by atoms with E-state index in [0.717, 1.165) is 0 Å². The van der Waals surface area contributed by atoms with Gasteiger partial charge in [-0.1, -0.05) is 6.58 Å². The molecular formula is C20H23F3N6O3. The molecule has 0 spiro atoms. The van der Waals surface area contributed by atoms with E-state index in [4.69, 9.17) is 4.74 Å². The summed E-state index contributed by atoms with van der Waals surface area (Å²) in [4.78, 5) is 37.5. The zero-order valence-electron chi connectivity index (χ0n) is 17.3. The van der Waals surface area contributed by atoms with Gasteiger partial charge in [-0.25, -0.2) is 9.97 Å². The summed E-state index contributed by atoms with van der Waals surface area (Å²) in [5.74, 6) is -1.92. The smallest absolute Gasteiger partial charge is 0.377 e. The van der Waals surface area contributed by atoms with Gasteiger partial charge in [0.05, 0.1) is 29.8 Å². The minimum absolute atomic E-state index is 0.123. The Labute approximate surface area is 181 Å². The lowest BCUT2D eigenvalue weighted by molar-refractivity contribution is -0.148. The third kappa shape index (κ3) is 4.40. The van der Waals surface area contributed by atoms with Gasteiger partial charge in [0.1, 0.15) is 11.3 Å². The second-order valence-electron chi connectivity index (χ2n) is 7.92. The monoisotopic (exact) mass is 452 g/mol. The van der Waals surface area contributed by atoms with Crippen molar-refractivity contribution in [3.8, 4) is 0 Å². The van der Waals surface area contributed by atoms with E-state index in [9.17, 15) is 22.8 Å². The number of carbonyl (C=O) groups excluding carboxylic acids is 2. The normalized spacial score (nSPS) is 25.4. The number of H-pyrrole nitrogens is 1. The van der Waals surface area contributed by atoms with Crippen molar-refractivity contribution in [2.75, 3.05) is 25.5 Å². The Morgan fingerprint density at radius 3 is 2.81 bits per heavy atom. The summed E-state index contributed by atoms with van der Waals surface area (Å²) < 4.78 is 43.7. The molecular weight excluding hydrogens is 429 g/mol. The predicted molar refractivity (Wildman–Crippen MR) is 109 cm³/mol. The summed E-state index contributed by atoms with van der Waals surface area (Å²) in [6.07, 6.45) is -0.00894. The molecule has 2 amide bonds. The molecule has 1 aliphatic carbocycles. The van der Waals surface area contributed by atoms with Gasteiger partial charge in [0.15, 0.2) is 5.65 Å². The van der Waals surface area contributed by atoms with Gasteiger partial charge in [0.25, 0.3) is 5.91 Å². The SMILES string of the molecule is C=CC(=O)N1CC[C@@H](Nc2cnc3[nH]cc(C(=O)NC4C[C@H]4C(F)(F)F)c3n2)[C@@H](OC)C1. The Hall–Kier alpha value is -3.15. The predicted octanol–water partition coefficient (Wildman–Crippen LogP) is 1.85. The number of carbonyl (C=O) groups is 2. The average molecular weight is 452 g/mol. The fourth-order valence-corrected chi connectivity index (χ4v) is 3.94. The molecule has 4 rings (SSSR count). The zero-order chi connectivity index (χ0) is 23.0. The van der Waals surface area contributed by atoms with Crippen molar-refractivity contribution < 1.29 is 27.5 Å². The molecule has 2 fully saturated rings. The highest BCUT2D eigenvalue weighted by Gasteiger charge is 2.56. The maximum atomic E-state index is 12.7. The Kier molecular flexibility index (Phi) is 5.80. The van der Waals surface area contributed by atoms with Crippen LogP contribution < -0.4 is 10.6 Å². The second kappa shape index (κ2) is 8.41. The number of hydrogen-bond acceptors (Lipinski definition) is 6. The first-order valence-corrected chi connectivity index (χ1v) is 10.1. The van der Waals surface area contributed by atoms with Crippen molar-refractivity contribution in [2.24, 2.45) is 5.92 Å². The lowest BCUT2D eigenvalue weighted by Gasteiger charge is -2.37. The van der Waals surface area contributed by atoms with Crippen LogP contribution >= 0.6 is 0 Å². The molecule has 2 aromatic rings. The Morgan fingerprint density at radius 1 is 1.38 bits per heavy atom. The van der Waals surface area contributed by atoms with Crippen molar-refractivity contribution in [1.29, 1.82) is 0 Å². The number of nitrogens with one attached hydrogen (secondary N) is 3. The van der Waals surface area contributed by atoms with E-state index >= 15 is 0 Å². The van der Waals surface area contributed by atoms with Gasteiger partial charge in [-0.15, -0.1) is 0 Å². The molecule has 12 heteroatoms. The van der Waals surface area contributed by atoms with E-state index in [0.29, 0.717) is 31.0 Å². The van der Waals surface area contributed by atoms with Crippen LogP contribution in [0.5, 0.6) is 0 Å². The number of amides is 2. The van der Waals surface area contributed by atoms with E-state index in [1.807, 2.05) is 0 Å².